The number of carbonyl (C=O) groups excluding carboxylic acids is 2. The van der Waals surface area contributed by atoms with Crippen LogP contribution in [0.2, 0.25) is 0 Å². The van der Waals surface area contributed by atoms with Gasteiger partial charge in [0, 0.05) is 24.1 Å². The van der Waals surface area contributed by atoms with Crippen LogP contribution in [-0.4, -0.2) is 23.3 Å². The number of fused-ring (bicyclic) bond motifs is 1. The third kappa shape index (κ3) is 3.80. The molecule has 24 heavy (non-hydrogen) atoms. The van der Waals surface area contributed by atoms with E-state index in [2.05, 4.69) is 34.6 Å². The third-order valence-corrected chi connectivity index (χ3v) is 4.22. The Bertz CT molecular complexity index is 628. The molecular formula is C20H29NO3. The van der Waals surface area contributed by atoms with Crippen molar-refractivity contribution in [3.63, 3.8) is 0 Å². The number of benzene rings is 1. The predicted octanol–water partition coefficient (Wildman–Crippen LogP) is 4.44. The van der Waals surface area contributed by atoms with Gasteiger partial charge in [0.1, 0.15) is 0 Å². The maximum absolute atomic E-state index is 12.8. The first kappa shape index (κ1) is 18.5. The molecule has 1 aliphatic rings. The highest BCUT2D eigenvalue weighted by Crippen LogP contribution is 2.38. The molecular weight excluding hydrogens is 302 g/mol. The van der Waals surface area contributed by atoms with Gasteiger partial charge in [-0.3, -0.25) is 14.5 Å². The molecule has 0 spiro atoms. The van der Waals surface area contributed by atoms with Crippen LogP contribution in [0, 0.1) is 5.92 Å². The van der Waals surface area contributed by atoms with Crippen molar-refractivity contribution in [1.29, 1.82) is 0 Å². The van der Waals surface area contributed by atoms with Gasteiger partial charge in [0.25, 0.3) is 5.91 Å². The number of rotatable bonds is 5. The molecule has 1 atom stereocenters. The van der Waals surface area contributed by atoms with Gasteiger partial charge in [-0.05, 0) is 35.4 Å². The second-order valence-electron chi connectivity index (χ2n) is 8.00. The van der Waals surface area contributed by atoms with Crippen LogP contribution in [0.15, 0.2) is 18.2 Å². The zero-order chi connectivity index (χ0) is 18.1. The first-order valence-electron chi connectivity index (χ1n) is 8.80. The first-order chi connectivity index (χ1) is 11.1. The molecule has 0 bridgehead atoms. The molecule has 1 aromatic rings. The Morgan fingerprint density at radius 1 is 1.29 bits per heavy atom. The summed E-state index contributed by atoms with van der Waals surface area (Å²) < 4.78 is 5.70. The quantitative estimate of drug-likeness (QED) is 0.750. The van der Waals surface area contributed by atoms with Gasteiger partial charge in [-0.15, -0.1) is 0 Å². The van der Waals surface area contributed by atoms with Crippen LogP contribution in [0.4, 0.5) is 0 Å². The van der Waals surface area contributed by atoms with Crippen molar-refractivity contribution < 1.29 is 14.3 Å². The van der Waals surface area contributed by atoms with Crippen LogP contribution in [0.5, 0.6) is 0 Å². The molecule has 0 radical (unpaired) electrons. The van der Waals surface area contributed by atoms with E-state index in [0.29, 0.717) is 24.4 Å². The van der Waals surface area contributed by atoms with Crippen molar-refractivity contribution in [1.82, 2.24) is 4.90 Å². The summed E-state index contributed by atoms with van der Waals surface area (Å²) in [6.45, 7) is 13.0. The second kappa shape index (κ2) is 6.96. The maximum Gasteiger partial charge on any atom is 0.307 e. The van der Waals surface area contributed by atoms with Crippen molar-refractivity contribution in [2.75, 3.05) is 6.54 Å². The van der Waals surface area contributed by atoms with Crippen molar-refractivity contribution in [3.8, 4) is 0 Å². The van der Waals surface area contributed by atoms with Crippen molar-refractivity contribution in [2.45, 2.75) is 66.0 Å². The summed E-state index contributed by atoms with van der Waals surface area (Å²) in [5.74, 6) is 0.00394. The Labute approximate surface area is 145 Å². The molecule has 0 N–H and O–H groups in total. The molecule has 1 amide bonds. The predicted molar refractivity (Wildman–Crippen MR) is 94.8 cm³/mol. The van der Waals surface area contributed by atoms with Crippen molar-refractivity contribution in [2.24, 2.45) is 5.92 Å². The molecule has 1 heterocycles. The summed E-state index contributed by atoms with van der Waals surface area (Å²) in [7, 11) is 0. The number of hydrogen-bond donors (Lipinski definition) is 0. The molecule has 1 aliphatic heterocycles. The van der Waals surface area contributed by atoms with Crippen LogP contribution in [0.1, 0.15) is 82.1 Å². The van der Waals surface area contributed by atoms with Gasteiger partial charge < -0.3 is 4.74 Å². The summed E-state index contributed by atoms with van der Waals surface area (Å²) in [6, 6.07) is 5.90. The number of ether oxygens (including phenoxy) is 1. The van der Waals surface area contributed by atoms with Crippen LogP contribution in [0.25, 0.3) is 0 Å². The lowest BCUT2D eigenvalue weighted by molar-refractivity contribution is -0.157. The van der Waals surface area contributed by atoms with Gasteiger partial charge in [0.2, 0.25) is 6.23 Å². The summed E-state index contributed by atoms with van der Waals surface area (Å²) >= 11 is 0. The van der Waals surface area contributed by atoms with E-state index in [1.54, 1.807) is 4.90 Å². The summed E-state index contributed by atoms with van der Waals surface area (Å²) in [5, 5.41) is 0. The summed E-state index contributed by atoms with van der Waals surface area (Å²) in [6.07, 6.45) is 0.504. The van der Waals surface area contributed by atoms with Gasteiger partial charge in [0.05, 0.1) is 0 Å². The molecule has 0 aliphatic carbocycles. The van der Waals surface area contributed by atoms with E-state index in [1.807, 2.05) is 25.1 Å². The third-order valence-electron chi connectivity index (χ3n) is 4.22. The SMILES string of the molecule is CCCC(=O)OC1c2cc(C(C)(C)C)ccc2C(=O)N1CC(C)C. The minimum atomic E-state index is -0.601. The van der Waals surface area contributed by atoms with Gasteiger partial charge in [-0.1, -0.05) is 47.6 Å². The minimum absolute atomic E-state index is 0.0263. The van der Waals surface area contributed by atoms with E-state index in [9.17, 15) is 9.59 Å². The average molecular weight is 331 g/mol. The molecule has 4 heteroatoms. The van der Waals surface area contributed by atoms with Crippen molar-refractivity contribution in [3.05, 3.63) is 34.9 Å². The fraction of sp³-hybridized carbons (Fsp3) is 0.600. The highest BCUT2D eigenvalue weighted by Gasteiger charge is 2.40. The normalized spacial score (nSPS) is 17.4. The number of nitrogens with zero attached hydrogens (tertiary/aromatic N) is 1. The standard InChI is InChI=1S/C20H29NO3/c1-7-8-17(22)24-19-16-11-14(20(4,5)6)9-10-15(16)18(23)21(19)12-13(2)3/h9-11,13,19H,7-8,12H2,1-6H3. The molecule has 0 fully saturated rings. The molecule has 2 rings (SSSR count). The number of amides is 1. The van der Waals surface area contributed by atoms with Gasteiger partial charge in [-0.25, -0.2) is 0 Å². The molecule has 0 saturated carbocycles. The summed E-state index contributed by atoms with van der Waals surface area (Å²) in [5.41, 5.74) is 2.58. The molecule has 1 unspecified atom stereocenters. The Balaban J connectivity index is 2.43. The second-order valence-corrected chi connectivity index (χ2v) is 8.00. The van der Waals surface area contributed by atoms with Gasteiger partial charge in [0.15, 0.2) is 0 Å². The fourth-order valence-corrected chi connectivity index (χ4v) is 2.94. The van der Waals surface area contributed by atoms with Crippen LogP contribution < -0.4 is 0 Å². The van der Waals surface area contributed by atoms with Crippen LogP contribution in [0.3, 0.4) is 0 Å². The van der Waals surface area contributed by atoms with E-state index in [1.165, 1.54) is 0 Å². The van der Waals surface area contributed by atoms with Crippen LogP contribution in [-0.2, 0) is 14.9 Å². The Hall–Kier alpha value is -1.84. The molecule has 1 aromatic carbocycles. The van der Waals surface area contributed by atoms with E-state index >= 15 is 0 Å². The molecule has 0 aromatic heterocycles. The van der Waals surface area contributed by atoms with E-state index in [0.717, 1.165) is 17.5 Å². The Morgan fingerprint density at radius 2 is 1.96 bits per heavy atom. The highest BCUT2D eigenvalue weighted by molar-refractivity contribution is 5.99. The zero-order valence-corrected chi connectivity index (χ0v) is 15.7. The van der Waals surface area contributed by atoms with Gasteiger partial charge >= 0.3 is 5.97 Å². The topological polar surface area (TPSA) is 46.6 Å². The minimum Gasteiger partial charge on any atom is -0.437 e. The molecule has 132 valence electrons. The lowest BCUT2D eigenvalue weighted by Gasteiger charge is -2.27. The van der Waals surface area contributed by atoms with Crippen LogP contribution >= 0.6 is 0 Å². The van der Waals surface area contributed by atoms with E-state index in [4.69, 9.17) is 4.74 Å². The zero-order valence-electron chi connectivity index (χ0n) is 15.7. The Morgan fingerprint density at radius 3 is 2.50 bits per heavy atom. The molecule has 4 nitrogen and oxygen atoms in total. The largest absolute Gasteiger partial charge is 0.437 e. The number of esters is 1. The highest BCUT2D eigenvalue weighted by atomic mass is 16.6. The Kier molecular flexibility index (Phi) is 5.36. The summed E-state index contributed by atoms with van der Waals surface area (Å²) in [4.78, 5) is 26.5. The average Bonchev–Trinajstić information content (AvgIpc) is 2.71. The molecule has 0 saturated heterocycles. The fourth-order valence-electron chi connectivity index (χ4n) is 2.94. The number of hydrogen-bond acceptors (Lipinski definition) is 3. The van der Waals surface area contributed by atoms with Crippen molar-refractivity contribution >= 4 is 11.9 Å². The maximum atomic E-state index is 12.8. The monoisotopic (exact) mass is 331 g/mol. The van der Waals surface area contributed by atoms with E-state index in [-0.39, 0.29) is 17.3 Å². The lowest BCUT2D eigenvalue weighted by Crippen LogP contribution is -2.34. The number of carbonyl (C=O) groups is 2. The lowest BCUT2D eigenvalue weighted by atomic mass is 9.85. The van der Waals surface area contributed by atoms with Gasteiger partial charge in [-0.2, -0.15) is 0 Å². The first-order valence-corrected chi connectivity index (χ1v) is 8.80. The smallest absolute Gasteiger partial charge is 0.307 e. The van der Waals surface area contributed by atoms with E-state index < -0.39 is 6.23 Å².